The van der Waals surface area contributed by atoms with Crippen LogP contribution in [0.4, 0.5) is 5.69 Å². The zero-order valence-corrected chi connectivity index (χ0v) is 10.6. The number of carboxylic acids is 1. The highest BCUT2D eigenvalue weighted by molar-refractivity contribution is 5.87. The Kier molecular flexibility index (Phi) is 4.03. The van der Waals surface area contributed by atoms with Crippen LogP contribution < -0.4 is 10.1 Å². The van der Waals surface area contributed by atoms with Crippen LogP contribution in [0.1, 0.15) is 15.9 Å². The zero-order valence-electron chi connectivity index (χ0n) is 10.6. The van der Waals surface area contributed by atoms with Crippen molar-refractivity contribution in [1.82, 2.24) is 0 Å². The quantitative estimate of drug-likeness (QED) is 0.864. The first-order valence-corrected chi connectivity index (χ1v) is 5.92. The summed E-state index contributed by atoms with van der Waals surface area (Å²) in [5.41, 5.74) is 2.24. The molecule has 98 valence electrons. The highest BCUT2D eigenvalue weighted by atomic mass is 16.5. The molecule has 0 saturated carbocycles. The van der Waals surface area contributed by atoms with Gasteiger partial charge in [-0.05, 0) is 42.0 Å². The molecule has 0 aliphatic heterocycles. The van der Waals surface area contributed by atoms with E-state index in [0.717, 1.165) is 17.0 Å². The maximum Gasteiger partial charge on any atom is 0.335 e. The molecule has 0 aliphatic carbocycles. The third-order valence-corrected chi connectivity index (χ3v) is 2.75. The fourth-order valence-corrected chi connectivity index (χ4v) is 1.63. The molecule has 0 heterocycles. The average molecular weight is 257 g/mol. The van der Waals surface area contributed by atoms with E-state index in [1.165, 1.54) is 0 Å². The normalized spacial score (nSPS) is 9.95. The molecule has 0 atom stereocenters. The standard InChI is InChI=1S/C15H15NO3/c1-16-13-6-8-14(9-7-13)19-10-11-2-4-12(5-3-11)15(17)18/h2-9,16H,10H2,1H3,(H,17,18). The minimum Gasteiger partial charge on any atom is -0.489 e. The molecule has 2 aromatic carbocycles. The fraction of sp³-hybridized carbons (Fsp3) is 0.133. The van der Waals surface area contributed by atoms with Gasteiger partial charge >= 0.3 is 5.97 Å². The van der Waals surface area contributed by atoms with Crippen LogP contribution in [0.25, 0.3) is 0 Å². The van der Waals surface area contributed by atoms with Gasteiger partial charge in [0.2, 0.25) is 0 Å². The zero-order chi connectivity index (χ0) is 13.7. The number of carboxylic acid groups (broad SMARTS) is 1. The SMILES string of the molecule is CNc1ccc(OCc2ccc(C(=O)O)cc2)cc1. The van der Waals surface area contributed by atoms with Gasteiger partial charge in [0.15, 0.2) is 0 Å². The minimum absolute atomic E-state index is 0.280. The smallest absolute Gasteiger partial charge is 0.335 e. The summed E-state index contributed by atoms with van der Waals surface area (Å²) in [6.45, 7) is 0.415. The van der Waals surface area contributed by atoms with Crippen LogP contribution in [0.3, 0.4) is 0 Å². The monoisotopic (exact) mass is 257 g/mol. The van der Waals surface area contributed by atoms with Gasteiger partial charge in [0.1, 0.15) is 12.4 Å². The van der Waals surface area contributed by atoms with Crippen LogP contribution in [0.15, 0.2) is 48.5 Å². The lowest BCUT2D eigenvalue weighted by atomic mass is 10.1. The number of carbonyl (C=O) groups is 1. The van der Waals surface area contributed by atoms with Gasteiger partial charge in [-0.15, -0.1) is 0 Å². The number of aromatic carboxylic acids is 1. The third-order valence-electron chi connectivity index (χ3n) is 2.75. The Morgan fingerprint density at radius 2 is 1.74 bits per heavy atom. The van der Waals surface area contributed by atoms with Gasteiger partial charge in [0.05, 0.1) is 5.56 Å². The second kappa shape index (κ2) is 5.91. The molecule has 0 unspecified atom stereocenters. The molecule has 19 heavy (non-hydrogen) atoms. The lowest BCUT2D eigenvalue weighted by molar-refractivity contribution is 0.0697. The summed E-state index contributed by atoms with van der Waals surface area (Å²) in [6, 6.07) is 14.3. The Labute approximate surface area is 111 Å². The van der Waals surface area contributed by atoms with Crippen LogP contribution in [0.2, 0.25) is 0 Å². The molecule has 2 aromatic rings. The van der Waals surface area contributed by atoms with Crippen molar-refractivity contribution in [2.75, 3.05) is 12.4 Å². The van der Waals surface area contributed by atoms with Crippen molar-refractivity contribution in [3.8, 4) is 5.75 Å². The lowest BCUT2D eigenvalue weighted by Gasteiger charge is -2.07. The van der Waals surface area contributed by atoms with E-state index in [1.54, 1.807) is 24.3 Å². The summed E-state index contributed by atoms with van der Waals surface area (Å²) >= 11 is 0. The number of anilines is 1. The first kappa shape index (κ1) is 13.0. The number of nitrogens with one attached hydrogen (secondary N) is 1. The van der Waals surface area contributed by atoms with Crippen LogP contribution in [-0.2, 0) is 6.61 Å². The molecule has 2 rings (SSSR count). The molecule has 0 aliphatic rings. The Balaban J connectivity index is 1.95. The Bertz CT molecular complexity index is 547. The van der Waals surface area contributed by atoms with E-state index in [9.17, 15) is 4.79 Å². The van der Waals surface area contributed by atoms with E-state index >= 15 is 0 Å². The molecule has 0 spiro atoms. The summed E-state index contributed by atoms with van der Waals surface area (Å²) in [4.78, 5) is 10.7. The number of hydrogen-bond acceptors (Lipinski definition) is 3. The maximum absolute atomic E-state index is 10.7. The predicted octanol–water partition coefficient (Wildman–Crippen LogP) is 3.01. The van der Waals surface area contributed by atoms with Crippen molar-refractivity contribution in [3.05, 3.63) is 59.7 Å². The summed E-state index contributed by atoms with van der Waals surface area (Å²) in [5.74, 6) is -0.142. The van der Waals surface area contributed by atoms with Gasteiger partial charge in [-0.2, -0.15) is 0 Å². The van der Waals surface area contributed by atoms with Crippen molar-refractivity contribution in [2.45, 2.75) is 6.61 Å². The summed E-state index contributed by atoms with van der Waals surface area (Å²) in [5, 5.41) is 11.8. The second-order valence-corrected chi connectivity index (χ2v) is 4.07. The number of rotatable bonds is 5. The molecular formula is C15H15NO3. The molecule has 0 amide bonds. The van der Waals surface area contributed by atoms with Crippen molar-refractivity contribution < 1.29 is 14.6 Å². The average Bonchev–Trinajstić information content (AvgIpc) is 2.46. The predicted molar refractivity (Wildman–Crippen MR) is 73.7 cm³/mol. The first-order valence-electron chi connectivity index (χ1n) is 5.92. The number of ether oxygens (including phenoxy) is 1. The molecular weight excluding hydrogens is 242 g/mol. The van der Waals surface area contributed by atoms with E-state index in [-0.39, 0.29) is 5.56 Å². The van der Waals surface area contributed by atoms with Gasteiger partial charge in [-0.3, -0.25) is 0 Å². The lowest BCUT2D eigenvalue weighted by Crippen LogP contribution is -1.99. The van der Waals surface area contributed by atoms with Gasteiger partial charge in [-0.1, -0.05) is 12.1 Å². The third kappa shape index (κ3) is 3.48. The highest BCUT2D eigenvalue weighted by Crippen LogP contribution is 2.16. The van der Waals surface area contributed by atoms with Gasteiger partial charge in [0, 0.05) is 12.7 Å². The molecule has 4 nitrogen and oxygen atoms in total. The topological polar surface area (TPSA) is 58.6 Å². The van der Waals surface area contributed by atoms with Crippen LogP contribution in [0.5, 0.6) is 5.75 Å². The molecule has 0 fully saturated rings. The van der Waals surface area contributed by atoms with Crippen molar-refractivity contribution in [3.63, 3.8) is 0 Å². The molecule has 2 N–H and O–H groups in total. The highest BCUT2D eigenvalue weighted by Gasteiger charge is 2.02. The van der Waals surface area contributed by atoms with Crippen molar-refractivity contribution in [2.24, 2.45) is 0 Å². The van der Waals surface area contributed by atoms with Gasteiger partial charge < -0.3 is 15.2 Å². The minimum atomic E-state index is -0.921. The van der Waals surface area contributed by atoms with Gasteiger partial charge in [-0.25, -0.2) is 4.79 Å². The number of hydrogen-bond donors (Lipinski definition) is 2. The van der Waals surface area contributed by atoms with E-state index < -0.39 is 5.97 Å². The molecule has 0 saturated heterocycles. The maximum atomic E-state index is 10.7. The van der Waals surface area contributed by atoms with E-state index in [4.69, 9.17) is 9.84 Å². The molecule has 0 radical (unpaired) electrons. The fourth-order valence-electron chi connectivity index (χ4n) is 1.63. The largest absolute Gasteiger partial charge is 0.489 e. The molecule has 4 heteroatoms. The summed E-state index contributed by atoms with van der Waals surface area (Å²) in [6.07, 6.45) is 0. The first-order chi connectivity index (χ1) is 9.19. The van der Waals surface area contributed by atoms with Gasteiger partial charge in [0.25, 0.3) is 0 Å². The van der Waals surface area contributed by atoms with Crippen LogP contribution in [0, 0.1) is 0 Å². The van der Waals surface area contributed by atoms with Crippen molar-refractivity contribution in [1.29, 1.82) is 0 Å². The van der Waals surface area contributed by atoms with E-state index in [2.05, 4.69) is 5.32 Å². The second-order valence-electron chi connectivity index (χ2n) is 4.07. The Hall–Kier alpha value is -2.49. The summed E-state index contributed by atoms with van der Waals surface area (Å²) < 4.78 is 5.62. The Morgan fingerprint density at radius 1 is 1.11 bits per heavy atom. The van der Waals surface area contributed by atoms with E-state index in [0.29, 0.717) is 6.61 Å². The van der Waals surface area contributed by atoms with E-state index in [1.807, 2.05) is 31.3 Å². The molecule has 0 aromatic heterocycles. The number of benzene rings is 2. The van der Waals surface area contributed by atoms with Crippen molar-refractivity contribution >= 4 is 11.7 Å². The van der Waals surface area contributed by atoms with Crippen LogP contribution >= 0.6 is 0 Å². The molecule has 0 bridgehead atoms. The van der Waals surface area contributed by atoms with Crippen LogP contribution in [-0.4, -0.2) is 18.1 Å². The Morgan fingerprint density at radius 3 is 2.26 bits per heavy atom. The summed E-state index contributed by atoms with van der Waals surface area (Å²) in [7, 11) is 1.86.